The summed E-state index contributed by atoms with van der Waals surface area (Å²) in [5, 5.41) is 3.08. The van der Waals surface area contributed by atoms with Gasteiger partial charge >= 0.3 is 0 Å². The van der Waals surface area contributed by atoms with Gasteiger partial charge in [0.2, 0.25) is 0 Å². The van der Waals surface area contributed by atoms with Gasteiger partial charge in [-0.1, -0.05) is 12.8 Å². The highest BCUT2D eigenvalue weighted by Gasteiger charge is 2.28. The summed E-state index contributed by atoms with van der Waals surface area (Å²) >= 11 is 5.89. The van der Waals surface area contributed by atoms with Crippen LogP contribution in [0.3, 0.4) is 0 Å². The Kier molecular flexibility index (Phi) is 6.67. The van der Waals surface area contributed by atoms with Crippen LogP contribution in [-0.4, -0.2) is 53.3 Å². The molecular formula is C21H39N5OS+2. The van der Waals surface area contributed by atoms with Gasteiger partial charge in [-0.25, -0.2) is 0 Å². The normalized spacial score (nSPS) is 23.9. The highest BCUT2D eigenvalue weighted by Crippen LogP contribution is 2.32. The molecule has 0 bridgehead atoms. The Labute approximate surface area is 174 Å². The maximum Gasteiger partial charge on any atom is 0.275 e. The third-order valence-electron chi connectivity index (χ3n) is 6.39. The van der Waals surface area contributed by atoms with Crippen LogP contribution in [-0.2, 0) is 11.5 Å². The van der Waals surface area contributed by atoms with Gasteiger partial charge in [-0.3, -0.25) is 9.36 Å². The Balaban J connectivity index is 1.57. The third-order valence-corrected chi connectivity index (χ3v) is 6.80. The zero-order valence-corrected chi connectivity index (χ0v) is 19.2. The van der Waals surface area contributed by atoms with Gasteiger partial charge in [0.25, 0.3) is 5.91 Å². The van der Waals surface area contributed by atoms with Crippen LogP contribution >= 0.6 is 12.2 Å². The predicted molar refractivity (Wildman–Crippen MR) is 114 cm³/mol. The number of rotatable bonds is 5. The standard InChI is InChI=1S/C21H37N5OS/c1-16-17(2)26(18-8-6-7-9-18)20(28)25(16)15-24-12-10-23(11-13-24)14-19(27)22-21(3,4)5/h18H,6-15H2,1-5H3,(H,22,27)/p+2. The van der Waals surface area contributed by atoms with Crippen molar-refractivity contribution in [2.24, 2.45) is 0 Å². The zero-order valence-electron chi connectivity index (χ0n) is 18.4. The van der Waals surface area contributed by atoms with Crippen molar-refractivity contribution in [1.82, 2.24) is 14.5 Å². The summed E-state index contributed by atoms with van der Waals surface area (Å²) in [6.45, 7) is 16.4. The van der Waals surface area contributed by atoms with Crippen molar-refractivity contribution in [1.29, 1.82) is 0 Å². The summed E-state index contributed by atoms with van der Waals surface area (Å²) in [6.07, 6.45) is 5.19. The van der Waals surface area contributed by atoms with Crippen LogP contribution in [0.25, 0.3) is 0 Å². The van der Waals surface area contributed by atoms with Crippen molar-refractivity contribution in [3.63, 3.8) is 0 Å². The van der Waals surface area contributed by atoms with Crippen LogP contribution in [0.2, 0.25) is 0 Å². The number of amides is 1. The molecule has 2 fully saturated rings. The minimum atomic E-state index is -0.151. The van der Waals surface area contributed by atoms with Crippen molar-refractivity contribution in [2.45, 2.75) is 78.6 Å². The summed E-state index contributed by atoms with van der Waals surface area (Å²) in [4.78, 5) is 15.2. The van der Waals surface area contributed by atoms with Gasteiger partial charge in [0, 0.05) is 23.0 Å². The van der Waals surface area contributed by atoms with Gasteiger partial charge in [-0.15, -0.1) is 0 Å². The van der Waals surface area contributed by atoms with E-state index in [-0.39, 0.29) is 11.4 Å². The minimum Gasteiger partial charge on any atom is -0.347 e. The van der Waals surface area contributed by atoms with E-state index in [0.29, 0.717) is 12.6 Å². The van der Waals surface area contributed by atoms with Gasteiger partial charge in [0.15, 0.2) is 18.0 Å². The molecule has 158 valence electrons. The van der Waals surface area contributed by atoms with Crippen LogP contribution in [0.15, 0.2) is 0 Å². The quantitative estimate of drug-likeness (QED) is 0.617. The zero-order chi connectivity index (χ0) is 20.5. The molecule has 28 heavy (non-hydrogen) atoms. The number of imidazole rings is 1. The average Bonchev–Trinajstić information content (AvgIpc) is 3.18. The van der Waals surface area contributed by atoms with Crippen LogP contribution in [0.4, 0.5) is 0 Å². The highest BCUT2D eigenvalue weighted by molar-refractivity contribution is 7.71. The number of aromatic nitrogens is 2. The van der Waals surface area contributed by atoms with Gasteiger partial charge in [0.05, 0.1) is 0 Å². The summed E-state index contributed by atoms with van der Waals surface area (Å²) in [7, 11) is 0. The number of piperazine rings is 1. The Hall–Kier alpha value is -1.18. The van der Waals surface area contributed by atoms with Crippen molar-refractivity contribution in [3.8, 4) is 0 Å². The second kappa shape index (κ2) is 8.67. The molecule has 1 aliphatic carbocycles. The highest BCUT2D eigenvalue weighted by atomic mass is 32.1. The molecule has 1 saturated heterocycles. The maximum atomic E-state index is 12.2. The summed E-state index contributed by atoms with van der Waals surface area (Å²) < 4.78 is 5.79. The van der Waals surface area contributed by atoms with Crippen LogP contribution in [0, 0.1) is 18.6 Å². The van der Waals surface area contributed by atoms with Gasteiger partial charge < -0.3 is 19.7 Å². The molecule has 0 unspecified atom stereocenters. The molecule has 2 aliphatic rings. The van der Waals surface area contributed by atoms with E-state index in [1.165, 1.54) is 42.0 Å². The molecule has 6 nitrogen and oxygen atoms in total. The van der Waals surface area contributed by atoms with E-state index >= 15 is 0 Å². The lowest BCUT2D eigenvalue weighted by atomic mass is 10.1. The molecule has 1 saturated carbocycles. The van der Waals surface area contributed by atoms with E-state index in [4.69, 9.17) is 12.2 Å². The Bertz CT molecular complexity index is 746. The van der Waals surface area contributed by atoms with Crippen LogP contribution in [0.1, 0.15) is 63.9 Å². The predicted octanol–water partition coefficient (Wildman–Crippen LogP) is 0.407. The fourth-order valence-corrected chi connectivity index (χ4v) is 5.26. The molecule has 1 aromatic rings. The minimum absolute atomic E-state index is 0.151. The molecule has 1 aliphatic heterocycles. The first-order valence-corrected chi connectivity index (χ1v) is 11.3. The summed E-state index contributed by atoms with van der Waals surface area (Å²) in [5.74, 6) is 0.160. The van der Waals surface area contributed by atoms with E-state index in [9.17, 15) is 4.79 Å². The van der Waals surface area contributed by atoms with E-state index < -0.39 is 0 Å². The molecule has 3 rings (SSSR count). The second-order valence-electron chi connectivity index (χ2n) is 9.82. The lowest BCUT2D eigenvalue weighted by Crippen LogP contribution is -3.28. The number of carbonyl (C=O) groups excluding carboxylic acids is 1. The summed E-state index contributed by atoms with van der Waals surface area (Å²) in [6, 6.07) is 0.602. The number of nitrogens with zero attached hydrogens (tertiary/aromatic N) is 2. The molecule has 1 aromatic heterocycles. The van der Waals surface area contributed by atoms with Crippen LogP contribution < -0.4 is 15.1 Å². The van der Waals surface area contributed by atoms with Gasteiger partial charge in [-0.2, -0.15) is 0 Å². The maximum absolute atomic E-state index is 12.2. The number of quaternary nitrogens is 2. The first-order valence-electron chi connectivity index (χ1n) is 10.9. The first kappa shape index (κ1) is 21.5. The number of hydrogen-bond acceptors (Lipinski definition) is 2. The van der Waals surface area contributed by atoms with Crippen molar-refractivity contribution < 1.29 is 14.6 Å². The molecule has 2 heterocycles. The third kappa shape index (κ3) is 5.05. The molecule has 3 N–H and O–H groups in total. The smallest absolute Gasteiger partial charge is 0.275 e. The van der Waals surface area contributed by atoms with E-state index in [0.717, 1.165) is 37.6 Å². The summed E-state index contributed by atoms with van der Waals surface area (Å²) in [5.41, 5.74) is 2.52. The molecule has 1 amide bonds. The molecule has 0 atom stereocenters. The molecule has 0 spiro atoms. The Morgan fingerprint density at radius 3 is 2.21 bits per heavy atom. The monoisotopic (exact) mass is 409 g/mol. The van der Waals surface area contributed by atoms with Crippen LogP contribution in [0.5, 0.6) is 0 Å². The van der Waals surface area contributed by atoms with Crippen molar-refractivity contribution in [3.05, 3.63) is 16.2 Å². The Morgan fingerprint density at radius 1 is 1.07 bits per heavy atom. The van der Waals surface area contributed by atoms with E-state index in [1.54, 1.807) is 4.90 Å². The SMILES string of the molecule is Cc1c(C)n(C2CCCC2)c(=S)n1C[NH+]1CC[NH+](CC(=O)NC(C)(C)C)CC1. The van der Waals surface area contributed by atoms with E-state index in [1.807, 2.05) is 20.8 Å². The average molecular weight is 410 g/mol. The number of nitrogens with one attached hydrogen (secondary N) is 3. The lowest BCUT2D eigenvalue weighted by Gasteiger charge is -2.30. The molecule has 0 radical (unpaired) electrons. The van der Waals surface area contributed by atoms with Crippen molar-refractivity contribution >= 4 is 18.1 Å². The lowest BCUT2D eigenvalue weighted by molar-refractivity contribution is -1.02. The first-order chi connectivity index (χ1) is 13.2. The fraction of sp³-hybridized carbons (Fsp3) is 0.810. The Morgan fingerprint density at radius 2 is 1.64 bits per heavy atom. The van der Waals surface area contributed by atoms with Gasteiger partial charge in [-0.05, 0) is 59.7 Å². The number of carbonyl (C=O) groups is 1. The molecule has 0 aromatic carbocycles. The second-order valence-corrected chi connectivity index (χ2v) is 10.2. The topological polar surface area (TPSA) is 47.8 Å². The largest absolute Gasteiger partial charge is 0.347 e. The molecular weight excluding hydrogens is 370 g/mol. The van der Waals surface area contributed by atoms with E-state index in [2.05, 4.69) is 28.3 Å². The van der Waals surface area contributed by atoms with Gasteiger partial charge in [0.1, 0.15) is 26.2 Å². The molecule has 7 heteroatoms. The number of hydrogen-bond donors (Lipinski definition) is 3. The van der Waals surface area contributed by atoms with Crippen molar-refractivity contribution in [2.75, 3.05) is 32.7 Å². The fourth-order valence-electron chi connectivity index (χ4n) is 4.77.